The molecule has 0 bridgehead atoms. The second-order valence-corrected chi connectivity index (χ2v) is 5.30. The molecule has 2 rings (SSSR count). The summed E-state index contributed by atoms with van der Waals surface area (Å²) < 4.78 is 4.98. The molecule has 0 aliphatic carbocycles. The van der Waals surface area contributed by atoms with E-state index in [0.717, 1.165) is 0 Å². The summed E-state index contributed by atoms with van der Waals surface area (Å²) in [6.45, 7) is 2.23. The van der Waals surface area contributed by atoms with Gasteiger partial charge in [-0.25, -0.2) is 0 Å². The highest BCUT2D eigenvalue weighted by atomic mass is 16.5. The summed E-state index contributed by atoms with van der Waals surface area (Å²) in [5.41, 5.74) is 1.03. The lowest BCUT2D eigenvalue weighted by Gasteiger charge is -2.16. The molecule has 6 nitrogen and oxygen atoms in total. The van der Waals surface area contributed by atoms with Crippen LogP contribution in [0.15, 0.2) is 24.3 Å². The van der Waals surface area contributed by atoms with Crippen LogP contribution in [0, 0.1) is 17.2 Å². The number of amides is 2. The lowest BCUT2D eigenvalue weighted by Crippen LogP contribution is -2.32. The first kappa shape index (κ1) is 16.0. The summed E-state index contributed by atoms with van der Waals surface area (Å²) >= 11 is 0. The molecule has 1 saturated heterocycles. The first-order chi connectivity index (χ1) is 10.6. The van der Waals surface area contributed by atoms with Gasteiger partial charge in [-0.15, -0.1) is 0 Å². The number of hydrogen-bond donors (Lipinski definition) is 1. The van der Waals surface area contributed by atoms with E-state index in [1.165, 1.54) is 0 Å². The maximum absolute atomic E-state index is 12.0. The van der Waals surface area contributed by atoms with Crippen molar-refractivity contribution in [2.45, 2.75) is 6.42 Å². The predicted molar refractivity (Wildman–Crippen MR) is 80.1 cm³/mol. The highest BCUT2D eigenvalue weighted by Crippen LogP contribution is 2.16. The van der Waals surface area contributed by atoms with Gasteiger partial charge in [0.05, 0.1) is 18.2 Å². The van der Waals surface area contributed by atoms with Crippen LogP contribution in [0.4, 0.5) is 0 Å². The molecule has 0 spiro atoms. The van der Waals surface area contributed by atoms with E-state index >= 15 is 0 Å². The van der Waals surface area contributed by atoms with Crippen LogP contribution in [-0.2, 0) is 9.53 Å². The summed E-state index contributed by atoms with van der Waals surface area (Å²) in [6, 6.07) is 8.48. The number of rotatable bonds is 6. The van der Waals surface area contributed by atoms with Crippen LogP contribution >= 0.6 is 0 Å². The van der Waals surface area contributed by atoms with E-state index in [9.17, 15) is 9.59 Å². The molecular formula is C16H19N3O3. The Morgan fingerprint density at radius 1 is 1.45 bits per heavy atom. The van der Waals surface area contributed by atoms with Crippen LogP contribution in [0.2, 0.25) is 0 Å². The average Bonchev–Trinajstić information content (AvgIpc) is 2.90. The number of likely N-dealkylation sites (tertiary alicyclic amines) is 1. The highest BCUT2D eigenvalue weighted by molar-refractivity contribution is 5.94. The van der Waals surface area contributed by atoms with Crippen LogP contribution < -0.4 is 5.32 Å². The molecule has 0 aromatic heterocycles. The van der Waals surface area contributed by atoms with Crippen LogP contribution in [0.1, 0.15) is 22.3 Å². The molecule has 1 aliphatic heterocycles. The summed E-state index contributed by atoms with van der Waals surface area (Å²) in [6.07, 6.45) is 0.456. The molecule has 1 aliphatic rings. The van der Waals surface area contributed by atoms with Gasteiger partial charge in [-0.05, 0) is 24.3 Å². The number of hydrogen-bond acceptors (Lipinski definition) is 4. The van der Waals surface area contributed by atoms with Crippen LogP contribution in [0.3, 0.4) is 0 Å². The molecular weight excluding hydrogens is 282 g/mol. The predicted octanol–water partition coefficient (Wildman–Crippen LogP) is 0.783. The minimum atomic E-state index is -0.188. The number of nitriles is 1. The molecule has 1 fully saturated rings. The standard InChI is InChI=1S/C16H19N3O3/c1-22-7-6-19-11-13(8-15(19)20)10-18-16(21)14-4-2-12(9-17)3-5-14/h2-5,13H,6-8,10-11H2,1H3,(H,18,21). The van der Waals surface area contributed by atoms with Gasteiger partial charge in [-0.3, -0.25) is 9.59 Å². The summed E-state index contributed by atoms with van der Waals surface area (Å²) in [7, 11) is 1.61. The minimum absolute atomic E-state index is 0.106. The fraction of sp³-hybridized carbons (Fsp3) is 0.438. The number of nitrogens with zero attached hydrogens (tertiary/aromatic N) is 2. The molecule has 1 atom stereocenters. The topological polar surface area (TPSA) is 82.4 Å². The van der Waals surface area contributed by atoms with E-state index in [1.807, 2.05) is 6.07 Å². The van der Waals surface area contributed by atoms with Crippen molar-refractivity contribution >= 4 is 11.8 Å². The molecule has 22 heavy (non-hydrogen) atoms. The zero-order valence-electron chi connectivity index (χ0n) is 12.5. The Kier molecular flexibility index (Phi) is 5.50. The summed E-state index contributed by atoms with van der Waals surface area (Å²) in [5, 5.41) is 11.6. The molecule has 1 heterocycles. The fourth-order valence-electron chi connectivity index (χ4n) is 2.44. The Hall–Kier alpha value is -2.39. The van der Waals surface area contributed by atoms with Crippen LogP contribution in [0.5, 0.6) is 0 Å². The zero-order valence-corrected chi connectivity index (χ0v) is 12.5. The fourth-order valence-corrected chi connectivity index (χ4v) is 2.44. The van der Waals surface area contributed by atoms with Crippen molar-refractivity contribution in [2.75, 3.05) is 33.4 Å². The monoisotopic (exact) mass is 301 g/mol. The Morgan fingerprint density at radius 3 is 2.82 bits per heavy atom. The molecule has 1 unspecified atom stereocenters. The Balaban J connectivity index is 1.81. The lowest BCUT2D eigenvalue weighted by molar-refractivity contribution is -0.128. The van der Waals surface area contributed by atoms with Crippen molar-refractivity contribution in [3.63, 3.8) is 0 Å². The molecule has 1 aromatic carbocycles. The minimum Gasteiger partial charge on any atom is -0.383 e. The van der Waals surface area contributed by atoms with E-state index < -0.39 is 0 Å². The van der Waals surface area contributed by atoms with E-state index in [-0.39, 0.29) is 17.7 Å². The zero-order chi connectivity index (χ0) is 15.9. The Labute approximate surface area is 129 Å². The number of carbonyl (C=O) groups excluding carboxylic acids is 2. The third-order valence-corrected chi connectivity index (χ3v) is 3.69. The van der Waals surface area contributed by atoms with Crippen molar-refractivity contribution in [1.82, 2.24) is 10.2 Å². The van der Waals surface area contributed by atoms with Crippen molar-refractivity contribution in [1.29, 1.82) is 5.26 Å². The average molecular weight is 301 g/mol. The second-order valence-electron chi connectivity index (χ2n) is 5.30. The van der Waals surface area contributed by atoms with Gasteiger partial charge < -0.3 is 15.0 Å². The van der Waals surface area contributed by atoms with Gasteiger partial charge in [0, 0.05) is 44.6 Å². The molecule has 0 saturated carbocycles. The molecule has 2 amide bonds. The van der Waals surface area contributed by atoms with E-state index in [4.69, 9.17) is 10.00 Å². The van der Waals surface area contributed by atoms with Gasteiger partial charge in [0.25, 0.3) is 5.91 Å². The Morgan fingerprint density at radius 2 is 2.18 bits per heavy atom. The normalized spacial score (nSPS) is 17.4. The third kappa shape index (κ3) is 4.06. The maximum atomic E-state index is 12.0. The van der Waals surface area contributed by atoms with Crippen molar-refractivity contribution in [2.24, 2.45) is 5.92 Å². The van der Waals surface area contributed by atoms with Gasteiger partial charge in [0.2, 0.25) is 5.91 Å². The van der Waals surface area contributed by atoms with E-state index in [0.29, 0.717) is 43.8 Å². The van der Waals surface area contributed by atoms with Crippen molar-refractivity contribution in [3.05, 3.63) is 35.4 Å². The first-order valence-electron chi connectivity index (χ1n) is 7.19. The molecule has 6 heteroatoms. The second kappa shape index (κ2) is 7.57. The quantitative estimate of drug-likeness (QED) is 0.842. The molecule has 1 aromatic rings. The highest BCUT2D eigenvalue weighted by Gasteiger charge is 2.29. The van der Waals surface area contributed by atoms with Gasteiger partial charge in [0.15, 0.2) is 0 Å². The summed E-state index contributed by atoms with van der Waals surface area (Å²) in [5.74, 6) is 0.0497. The lowest BCUT2D eigenvalue weighted by atomic mass is 10.1. The van der Waals surface area contributed by atoms with Gasteiger partial charge in [-0.2, -0.15) is 5.26 Å². The van der Waals surface area contributed by atoms with Gasteiger partial charge >= 0.3 is 0 Å². The van der Waals surface area contributed by atoms with E-state index in [1.54, 1.807) is 36.3 Å². The molecule has 0 radical (unpaired) electrons. The van der Waals surface area contributed by atoms with Gasteiger partial charge in [-0.1, -0.05) is 0 Å². The largest absolute Gasteiger partial charge is 0.383 e. The van der Waals surface area contributed by atoms with Crippen LogP contribution in [0.25, 0.3) is 0 Å². The number of ether oxygens (including phenoxy) is 1. The van der Waals surface area contributed by atoms with Crippen LogP contribution in [-0.4, -0.2) is 50.1 Å². The van der Waals surface area contributed by atoms with Crippen molar-refractivity contribution in [3.8, 4) is 6.07 Å². The number of carbonyl (C=O) groups is 2. The molecule has 116 valence electrons. The number of methoxy groups -OCH3 is 1. The van der Waals surface area contributed by atoms with Gasteiger partial charge in [0.1, 0.15) is 0 Å². The molecule has 1 N–H and O–H groups in total. The first-order valence-corrected chi connectivity index (χ1v) is 7.19. The maximum Gasteiger partial charge on any atom is 0.251 e. The summed E-state index contributed by atoms with van der Waals surface area (Å²) in [4.78, 5) is 25.6. The SMILES string of the molecule is COCCN1CC(CNC(=O)c2ccc(C#N)cc2)CC1=O. The van der Waals surface area contributed by atoms with Crippen molar-refractivity contribution < 1.29 is 14.3 Å². The number of nitrogens with one attached hydrogen (secondary N) is 1. The smallest absolute Gasteiger partial charge is 0.251 e. The van der Waals surface area contributed by atoms with E-state index in [2.05, 4.69) is 5.32 Å². The number of benzene rings is 1. The Bertz CT molecular complexity index is 577. The third-order valence-electron chi connectivity index (χ3n) is 3.69.